The molecule has 0 bridgehead atoms. The highest BCUT2D eigenvalue weighted by Gasteiger charge is 2.20. The molecule has 1 fully saturated rings. The fraction of sp³-hybridized carbons (Fsp3) is 0.706. The largest absolute Gasteiger partial charge is 0.475 e. The Morgan fingerprint density at radius 2 is 2.00 bits per heavy atom. The molecule has 1 aliphatic rings. The first-order chi connectivity index (χ1) is 9.66. The van der Waals surface area contributed by atoms with Crippen LogP contribution in [-0.2, 0) is 6.54 Å². The highest BCUT2D eigenvalue weighted by atomic mass is 16.5. The van der Waals surface area contributed by atoms with Gasteiger partial charge in [-0.15, -0.1) is 0 Å². The molecule has 0 aromatic carbocycles. The standard InChI is InChI=1S/C17H28N2O/c1-13(2)20-17-16(10-7-11-18-17)12-19-14(3)15-8-5-4-6-9-15/h7,10-11,13-15,19H,4-6,8-9,12H2,1-3H3. The number of hydrogen-bond donors (Lipinski definition) is 1. The van der Waals surface area contributed by atoms with E-state index in [2.05, 4.69) is 23.3 Å². The van der Waals surface area contributed by atoms with E-state index < -0.39 is 0 Å². The quantitative estimate of drug-likeness (QED) is 0.855. The molecule has 1 aromatic rings. The van der Waals surface area contributed by atoms with Gasteiger partial charge in [-0.1, -0.05) is 25.3 Å². The summed E-state index contributed by atoms with van der Waals surface area (Å²) < 4.78 is 5.77. The third-order valence-electron chi connectivity index (χ3n) is 4.17. The lowest BCUT2D eigenvalue weighted by molar-refractivity contribution is 0.228. The fourth-order valence-corrected chi connectivity index (χ4v) is 2.96. The van der Waals surface area contributed by atoms with Crippen LogP contribution in [0.4, 0.5) is 0 Å². The van der Waals surface area contributed by atoms with Crippen LogP contribution < -0.4 is 10.1 Å². The van der Waals surface area contributed by atoms with Crippen molar-refractivity contribution in [1.29, 1.82) is 0 Å². The van der Waals surface area contributed by atoms with E-state index in [4.69, 9.17) is 4.74 Å². The van der Waals surface area contributed by atoms with Gasteiger partial charge in [-0.05, 0) is 45.6 Å². The molecule has 1 atom stereocenters. The van der Waals surface area contributed by atoms with Crippen LogP contribution in [0, 0.1) is 5.92 Å². The number of nitrogens with zero attached hydrogens (tertiary/aromatic N) is 1. The first-order valence-corrected chi connectivity index (χ1v) is 8.00. The summed E-state index contributed by atoms with van der Waals surface area (Å²) in [5, 5.41) is 3.66. The van der Waals surface area contributed by atoms with Crippen LogP contribution in [0.1, 0.15) is 58.4 Å². The van der Waals surface area contributed by atoms with Gasteiger partial charge in [0.25, 0.3) is 0 Å². The number of rotatable bonds is 6. The molecule has 20 heavy (non-hydrogen) atoms. The minimum atomic E-state index is 0.166. The Labute approximate surface area is 123 Å². The number of nitrogens with one attached hydrogen (secondary N) is 1. The average molecular weight is 276 g/mol. The summed E-state index contributed by atoms with van der Waals surface area (Å²) in [5.41, 5.74) is 1.16. The molecule has 1 heterocycles. The van der Waals surface area contributed by atoms with Gasteiger partial charge < -0.3 is 10.1 Å². The van der Waals surface area contributed by atoms with Crippen molar-refractivity contribution in [1.82, 2.24) is 10.3 Å². The molecule has 0 radical (unpaired) electrons. The predicted molar refractivity (Wildman–Crippen MR) is 82.9 cm³/mol. The van der Waals surface area contributed by atoms with Crippen LogP contribution >= 0.6 is 0 Å². The molecule has 0 spiro atoms. The van der Waals surface area contributed by atoms with Gasteiger partial charge in [0, 0.05) is 24.3 Å². The first kappa shape index (κ1) is 15.3. The third-order valence-corrected chi connectivity index (χ3v) is 4.17. The second kappa shape index (κ2) is 7.63. The van der Waals surface area contributed by atoms with E-state index in [1.807, 2.05) is 19.9 Å². The molecule has 1 unspecified atom stereocenters. The van der Waals surface area contributed by atoms with E-state index >= 15 is 0 Å². The van der Waals surface area contributed by atoms with Crippen molar-refractivity contribution in [2.45, 2.75) is 71.6 Å². The van der Waals surface area contributed by atoms with Gasteiger partial charge in [0.15, 0.2) is 0 Å². The van der Waals surface area contributed by atoms with Crippen LogP contribution in [0.15, 0.2) is 18.3 Å². The molecule has 2 rings (SSSR count). The zero-order valence-electron chi connectivity index (χ0n) is 13.1. The number of pyridine rings is 1. The Morgan fingerprint density at radius 1 is 1.25 bits per heavy atom. The predicted octanol–water partition coefficient (Wildman–Crippen LogP) is 3.93. The first-order valence-electron chi connectivity index (χ1n) is 8.00. The average Bonchev–Trinajstić information content (AvgIpc) is 2.46. The van der Waals surface area contributed by atoms with E-state index in [1.54, 1.807) is 6.20 Å². The lowest BCUT2D eigenvalue weighted by Crippen LogP contribution is -2.34. The zero-order valence-corrected chi connectivity index (χ0v) is 13.1. The maximum Gasteiger partial charge on any atom is 0.218 e. The van der Waals surface area contributed by atoms with Crippen molar-refractivity contribution in [3.8, 4) is 5.88 Å². The molecule has 1 aromatic heterocycles. The molecular formula is C17H28N2O. The van der Waals surface area contributed by atoms with Crippen LogP contribution in [0.25, 0.3) is 0 Å². The van der Waals surface area contributed by atoms with Gasteiger partial charge in [-0.25, -0.2) is 4.98 Å². The van der Waals surface area contributed by atoms with Gasteiger partial charge in [0.1, 0.15) is 0 Å². The van der Waals surface area contributed by atoms with E-state index in [-0.39, 0.29) is 6.10 Å². The highest BCUT2D eigenvalue weighted by Crippen LogP contribution is 2.26. The Kier molecular flexibility index (Phi) is 5.84. The van der Waals surface area contributed by atoms with Crippen LogP contribution in [-0.4, -0.2) is 17.1 Å². The number of hydrogen-bond acceptors (Lipinski definition) is 3. The summed E-state index contributed by atoms with van der Waals surface area (Å²) >= 11 is 0. The molecule has 3 heteroatoms. The number of aromatic nitrogens is 1. The van der Waals surface area contributed by atoms with Crippen molar-refractivity contribution in [3.05, 3.63) is 23.9 Å². The summed E-state index contributed by atoms with van der Waals surface area (Å²) in [6, 6.07) is 4.66. The molecule has 0 amide bonds. The molecule has 3 nitrogen and oxygen atoms in total. The lowest BCUT2D eigenvalue weighted by Gasteiger charge is -2.28. The summed E-state index contributed by atoms with van der Waals surface area (Å²) in [6.45, 7) is 7.23. The molecule has 1 aliphatic carbocycles. The maximum atomic E-state index is 5.77. The molecule has 1 saturated carbocycles. The van der Waals surface area contributed by atoms with Crippen molar-refractivity contribution >= 4 is 0 Å². The van der Waals surface area contributed by atoms with Crippen LogP contribution in [0.2, 0.25) is 0 Å². The normalized spacial score (nSPS) is 18.2. The maximum absolute atomic E-state index is 5.77. The smallest absolute Gasteiger partial charge is 0.218 e. The highest BCUT2D eigenvalue weighted by molar-refractivity contribution is 5.25. The van der Waals surface area contributed by atoms with Crippen molar-refractivity contribution in [2.75, 3.05) is 0 Å². The number of ether oxygens (including phenoxy) is 1. The van der Waals surface area contributed by atoms with E-state index in [9.17, 15) is 0 Å². The minimum absolute atomic E-state index is 0.166. The molecular weight excluding hydrogens is 248 g/mol. The van der Waals surface area contributed by atoms with Gasteiger partial charge in [-0.2, -0.15) is 0 Å². The topological polar surface area (TPSA) is 34.1 Å². The van der Waals surface area contributed by atoms with Crippen molar-refractivity contribution in [3.63, 3.8) is 0 Å². The SMILES string of the molecule is CC(C)Oc1ncccc1CNC(C)C1CCCCC1. The molecule has 1 N–H and O–H groups in total. The second-order valence-corrected chi connectivity index (χ2v) is 6.20. The Morgan fingerprint density at radius 3 is 2.70 bits per heavy atom. The van der Waals surface area contributed by atoms with Gasteiger partial charge in [0.2, 0.25) is 5.88 Å². The van der Waals surface area contributed by atoms with Crippen LogP contribution in [0.5, 0.6) is 5.88 Å². The Balaban J connectivity index is 1.89. The van der Waals surface area contributed by atoms with Crippen LogP contribution in [0.3, 0.4) is 0 Å². The molecule has 112 valence electrons. The summed E-state index contributed by atoms with van der Waals surface area (Å²) in [4.78, 5) is 4.35. The molecule has 0 aliphatic heterocycles. The summed E-state index contributed by atoms with van der Waals surface area (Å²) in [7, 11) is 0. The van der Waals surface area contributed by atoms with Gasteiger partial charge >= 0.3 is 0 Å². The van der Waals surface area contributed by atoms with Gasteiger partial charge in [0.05, 0.1) is 6.10 Å². The van der Waals surface area contributed by atoms with E-state index in [1.165, 1.54) is 32.1 Å². The second-order valence-electron chi connectivity index (χ2n) is 6.20. The summed E-state index contributed by atoms with van der Waals surface area (Å²) in [5.74, 6) is 1.60. The third kappa shape index (κ3) is 4.48. The molecule has 0 saturated heterocycles. The van der Waals surface area contributed by atoms with Crippen molar-refractivity contribution < 1.29 is 4.74 Å². The lowest BCUT2D eigenvalue weighted by atomic mass is 9.84. The monoisotopic (exact) mass is 276 g/mol. The summed E-state index contributed by atoms with van der Waals surface area (Å²) in [6.07, 6.45) is 8.91. The van der Waals surface area contributed by atoms with E-state index in [0.717, 1.165) is 23.9 Å². The minimum Gasteiger partial charge on any atom is -0.475 e. The fourth-order valence-electron chi connectivity index (χ4n) is 2.96. The Hall–Kier alpha value is -1.09. The van der Waals surface area contributed by atoms with E-state index in [0.29, 0.717) is 6.04 Å². The Bertz CT molecular complexity index is 400. The zero-order chi connectivity index (χ0) is 14.4. The van der Waals surface area contributed by atoms with Crippen molar-refractivity contribution in [2.24, 2.45) is 5.92 Å². The van der Waals surface area contributed by atoms with Gasteiger partial charge in [-0.3, -0.25) is 0 Å².